The average molecular weight is 313 g/mol. The standard InChI is InChI=1S/C15H15N5OS/c1-19(10-12-5-9-22-11-12)15(21)18-13-4-2-6-16-14(13)20-8-3-7-17-20/h2-9,11H,10H2,1H3,(H,18,21). The maximum absolute atomic E-state index is 12.3. The number of carbonyl (C=O) groups is 1. The van der Waals surface area contributed by atoms with Gasteiger partial charge in [-0.1, -0.05) is 0 Å². The highest BCUT2D eigenvalue weighted by atomic mass is 32.1. The second-order valence-electron chi connectivity index (χ2n) is 4.74. The van der Waals surface area contributed by atoms with Gasteiger partial charge in [0.1, 0.15) is 0 Å². The number of nitrogens with zero attached hydrogens (tertiary/aromatic N) is 4. The molecule has 0 atom stereocenters. The lowest BCUT2D eigenvalue weighted by Gasteiger charge is -2.18. The zero-order valence-electron chi connectivity index (χ0n) is 12.0. The van der Waals surface area contributed by atoms with Crippen LogP contribution in [-0.4, -0.2) is 32.7 Å². The van der Waals surface area contributed by atoms with Crippen LogP contribution in [0.2, 0.25) is 0 Å². The summed E-state index contributed by atoms with van der Waals surface area (Å²) >= 11 is 1.62. The van der Waals surface area contributed by atoms with Crippen LogP contribution in [-0.2, 0) is 6.54 Å². The minimum Gasteiger partial charge on any atom is -0.323 e. The summed E-state index contributed by atoms with van der Waals surface area (Å²) in [5.41, 5.74) is 1.73. The lowest BCUT2D eigenvalue weighted by Crippen LogP contribution is -2.31. The molecular formula is C15H15N5OS. The molecule has 0 saturated carbocycles. The molecule has 22 heavy (non-hydrogen) atoms. The van der Waals surface area contributed by atoms with E-state index in [2.05, 4.69) is 15.4 Å². The predicted octanol–water partition coefficient (Wildman–Crippen LogP) is 2.99. The molecule has 0 unspecified atom stereocenters. The van der Waals surface area contributed by atoms with E-state index in [9.17, 15) is 4.79 Å². The Hall–Kier alpha value is -2.67. The molecule has 1 N–H and O–H groups in total. The van der Waals surface area contributed by atoms with Crippen molar-refractivity contribution in [3.63, 3.8) is 0 Å². The summed E-state index contributed by atoms with van der Waals surface area (Å²) in [7, 11) is 1.76. The Morgan fingerprint density at radius 1 is 1.36 bits per heavy atom. The molecule has 2 amide bonds. The Balaban J connectivity index is 1.74. The lowest BCUT2D eigenvalue weighted by molar-refractivity contribution is 0.220. The van der Waals surface area contributed by atoms with Crippen molar-refractivity contribution in [1.29, 1.82) is 0 Å². The van der Waals surface area contributed by atoms with Gasteiger partial charge in [-0.25, -0.2) is 14.5 Å². The largest absolute Gasteiger partial charge is 0.323 e. The first-order valence-corrected chi connectivity index (χ1v) is 7.66. The Labute approximate surface area is 132 Å². The topological polar surface area (TPSA) is 63.1 Å². The molecule has 0 spiro atoms. The maximum atomic E-state index is 12.3. The smallest absolute Gasteiger partial charge is 0.321 e. The van der Waals surface area contributed by atoms with Gasteiger partial charge in [-0.3, -0.25) is 0 Å². The number of pyridine rings is 1. The number of nitrogens with one attached hydrogen (secondary N) is 1. The van der Waals surface area contributed by atoms with Crippen LogP contribution >= 0.6 is 11.3 Å². The van der Waals surface area contributed by atoms with E-state index in [-0.39, 0.29) is 6.03 Å². The Bertz CT molecular complexity index is 739. The lowest BCUT2D eigenvalue weighted by atomic mass is 10.3. The summed E-state index contributed by atoms with van der Waals surface area (Å²) in [5.74, 6) is 0.588. The molecule has 0 saturated heterocycles. The number of rotatable bonds is 4. The molecular weight excluding hydrogens is 298 g/mol. The summed E-state index contributed by atoms with van der Waals surface area (Å²) in [6, 6.07) is 7.21. The van der Waals surface area contributed by atoms with E-state index in [4.69, 9.17) is 0 Å². The fourth-order valence-corrected chi connectivity index (χ4v) is 2.67. The highest BCUT2D eigenvalue weighted by Gasteiger charge is 2.13. The summed E-state index contributed by atoms with van der Waals surface area (Å²) in [6.07, 6.45) is 5.12. The van der Waals surface area contributed by atoms with Crippen LogP contribution in [0.1, 0.15) is 5.56 Å². The summed E-state index contributed by atoms with van der Waals surface area (Å²) in [4.78, 5) is 18.2. The second-order valence-corrected chi connectivity index (χ2v) is 5.52. The number of carbonyl (C=O) groups excluding carboxylic acids is 1. The first-order chi connectivity index (χ1) is 10.7. The molecule has 6 nitrogen and oxygen atoms in total. The normalized spacial score (nSPS) is 10.4. The van der Waals surface area contributed by atoms with Crippen LogP contribution in [0.15, 0.2) is 53.6 Å². The van der Waals surface area contributed by atoms with Crippen LogP contribution in [0.3, 0.4) is 0 Å². The quantitative estimate of drug-likeness (QED) is 0.805. The van der Waals surface area contributed by atoms with Gasteiger partial charge in [-0.05, 0) is 40.6 Å². The minimum atomic E-state index is -0.187. The van der Waals surface area contributed by atoms with Gasteiger partial charge in [0, 0.05) is 32.2 Å². The maximum Gasteiger partial charge on any atom is 0.321 e. The molecule has 0 fully saturated rings. The number of anilines is 1. The van der Waals surface area contributed by atoms with Crippen LogP contribution in [0.5, 0.6) is 0 Å². The summed E-state index contributed by atoms with van der Waals surface area (Å²) in [5, 5.41) is 11.1. The van der Waals surface area contributed by atoms with Crippen LogP contribution in [0, 0.1) is 0 Å². The molecule has 0 aromatic carbocycles. The minimum absolute atomic E-state index is 0.187. The monoisotopic (exact) mass is 313 g/mol. The molecule has 0 bridgehead atoms. The van der Waals surface area contributed by atoms with Gasteiger partial charge in [-0.2, -0.15) is 16.4 Å². The van der Waals surface area contributed by atoms with E-state index in [0.717, 1.165) is 5.56 Å². The van der Waals surface area contributed by atoms with Crippen molar-refractivity contribution in [2.75, 3.05) is 12.4 Å². The van der Waals surface area contributed by atoms with Crippen molar-refractivity contribution in [2.24, 2.45) is 0 Å². The number of urea groups is 1. The zero-order chi connectivity index (χ0) is 15.4. The highest BCUT2D eigenvalue weighted by molar-refractivity contribution is 7.07. The molecule has 3 aromatic rings. The first kappa shape index (κ1) is 14.3. The molecule has 0 aliphatic heterocycles. The van der Waals surface area contributed by atoms with Gasteiger partial charge in [0.25, 0.3) is 0 Å². The van der Waals surface area contributed by atoms with E-state index in [1.807, 2.05) is 22.9 Å². The van der Waals surface area contributed by atoms with Gasteiger partial charge in [0.2, 0.25) is 0 Å². The number of thiophene rings is 1. The van der Waals surface area contributed by atoms with Crippen LogP contribution < -0.4 is 5.32 Å². The van der Waals surface area contributed by atoms with Gasteiger partial charge in [0.15, 0.2) is 5.82 Å². The van der Waals surface area contributed by atoms with E-state index >= 15 is 0 Å². The Morgan fingerprint density at radius 3 is 3.00 bits per heavy atom. The highest BCUT2D eigenvalue weighted by Crippen LogP contribution is 2.17. The van der Waals surface area contributed by atoms with E-state index < -0.39 is 0 Å². The third-order valence-corrected chi connectivity index (χ3v) is 3.83. The molecule has 7 heteroatoms. The molecule has 0 radical (unpaired) electrons. The van der Waals surface area contributed by atoms with Gasteiger partial charge < -0.3 is 10.2 Å². The molecule has 3 rings (SSSR count). The van der Waals surface area contributed by atoms with Crippen molar-refractivity contribution in [3.8, 4) is 5.82 Å². The van der Waals surface area contributed by atoms with Crippen molar-refractivity contribution < 1.29 is 4.79 Å². The third kappa shape index (κ3) is 3.15. The van der Waals surface area contributed by atoms with Crippen molar-refractivity contribution in [1.82, 2.24) is 19.7 Å². The fourth-order valence-electron chi connectivity index (χ4n) is 2.01. The van der Waals surface area contributed by atoms with Gasteiger partial charge in [-0.15, -0.1) is 0 Å². The zero-order valence-corrected chi connectivity index (χ0v) is 12.8. The SMILES string of the molecule is CN(Cc1ccsc1)C(=O)Nc1cccnc1-n1cccn1. The molecule has 0 aliphatic carbocycles. The molecule has 3 heterocycles. The predicted molar refractivity (Wildman–Crippen MR) is 86.2 cm³/mol. The van der Waals surface area contributed by atoms with Crippen LogP contribution in [0.4, 0.5) is 10.5 Å². The second kappa shape index (κ2) is 6.40. The van der Waals surface area contributed by atoms with Crippen molar-refractivity contribution in [2.45, 2.75) is 6.54 Å². The van der Waals surface area contributed by atoms with Crippen molar-refractivity contribution >= 4 is 23.1 Å². The van der Waals surface area contributed by atoms with Crippen molar-refractivity contribution in [3.05, 3.63) is 59.2 Å². The van der Waals surface area contributed by atoms with E-state index in [1.54, 1.807) is 58.7 Å². The van der Waals surface area contributed by atoms with Crippen LogP contribution in [0.25, 0.3) is 5.82 Å². The first-order valence-electron chi connectivity index (χ1n) is 6.72. The molecule has 0 aliphatic rings. The third-order valence-electron chi connectivity index (χ3n) is 3.10. The van der Waals surface area contributed by atoms with E-state index in [1.165, 1.54) is 0 Å². The number of hydrogen-bond donors (Lipinski definition) is 1. The van der Waals surface area contributed by atoms with Gasteiger partial charge >= 0.3 is 6.03 Å². The summed E-state index contributed by atoms with van der Waals surface area (Å²) in [6.45, 7) is 0.562. The van der Waals surface area contributed by atoms with E-state index in [0.29, 0.717) is 18.1 Å². The number of hydrogen-bond acceptors (Lipinski definition) is 4. The molecule has 112 valence electrons. The number of aromatic nitrogens is 3. The Morgan fingerprint density at radius 2 is 2.27 bits per heavy atom. The molecule has 3 aromatic heterocycles. The Kier molecular flexibility index (Phi) is 4.15. The van der Waals surface area contributed by atoms with Gasteiger partial charge in [0.05, 0.1) is 5.69 Å². The fraction of sp³-hybridized carbons (Fsp3) is 0.133. The number of amides is 2. The average Bonchev–Trinajstić information content (AvgIpc) is 3.21. The summed E-state index contributed by atoms with van der Waals surface area (Å²) < 4.78 is 1.62.